The third-order valence-corrected chi connectivity index (χ3v) is 8.88. The summed E-state index contributed by atoms with van der Waals surface area (Å²) >= 11 is 0. The van der Waals surface area contributed by atoms with Crippen LogP contribution in [0.5, 0.6) is 0 Å². The summed E-state index contributed by atoms with van der Waals surface area (Å²) in [5.41, 5.74) is -2.41. The van der Waals surface area contributed by atoms with Crippen molar-refractivity contribution in [3.63, 3.8) is 0 Å². The molecule has 0 aromatic heterocycles. The monoisotopic (exact) mass is 594 g/mol. The maximum absolute atomic E-state index is 13.7. The third kappa shape index (κ3) is 8.02. The van der Waals surface area contributed by atoms with Crippen LogP contribution in [0.2, 0.25) is 0 Å². The normalized spacial score (nSPS) is 31.3. The van der Waals surface area contributed by atoms with Crippen molar-refractivity contribution >= 4 is 29.6 Å². The first-order chi connectivity index (χ1) is 19.5. The first-order valence-electron chi connectivity index (χ1n) is 15.4. The molecule has 2 heterocycles. The number of carbonyl (C=O) groups excluding carboxylic acids is 4. The molecule has 2 N–H and O–H groups in total. The van der Waals surface area contributed by atoms with Gasteiger partial charge in [0, 0.05) is 14.2 Å². The molecular formula is C31H54N4O7. The van der Waals surface area contributed by atoms with Gasteiger partial charge in [0.2, 0.25) is 17.7 Å². The van der Waals surface area contributed by atoms with Crippen molar-refractivity contribution in [3.8, 4) is 0 Å². The van der Waals surface area contributed by atoms with Gasteiger partial charge in [0.05, 0.1) is 11.5 Å². The van der Waals surface area contributed by atoms with Gasteiger partial charge >= 0.3 is 5.97 Å². The highest BCUT2D eigenvalue weighted by Gasteiger charge is 2.48. The summed E-state index contributed by atoms with van der Waals surface area (Å²) in [4.78, 5) is 60.5. The Bertz CT molecular complexity index is 1020. The minimum atomic E-state index is -1.26. The molecule has 11 nitrogen and oxygen atoms in total. The molecule has 0 radical (unpaired) electrons. The number of likely N-dealkylation sites (N-methyl/N-ethyl adjacent to an activating group) is 1. The maximum Gasteiger partial charge on any atom is 0.328 e. The predicted octanol–water partition coefficient (Wildman–Crippen LogP) is 3.24. The maximum atomic E-state index is 13.7. The molecule has 0 saturated carbocycles. The van der Waals surface area contributed by atoms with Gasteiger partial charge < -0.3 is 29.7 Å². The van der Waals surface area contributed by atoms with E-state index in [-0.39, 0.29) is 42.3 Å². The number of rotatable bonds is 9. The van der Waals surface area contributed by atoms with Crippen LogP contribution in [-0.4, -0.2) is 91.1 Å². The largest absolute Gasteiger partial charge is 0.476 e. The summed E-state index contributed by atoms with van der Waals surface area (Å²) in [6.07, 6.45) is 3.22. The lowest BCUT2D eigenvalue weighted by Crippen LogP contribution is -2.58. The molecule has 2 bridgehead atoms. The Labute approximate surface area is 251 Å². The summed E-state index contributed by atoms with van der Waals surface area (Å²) in [7, 11) is 3.26. The Kier molecular flexibility index (Phi) is 12.4. The summed E-state index contributed by atoms with van der Waals surface area (Å²) in [6.45, 7) is 16.3. The van der Waals surface area contributed by atoms with E-state index in [4.69, 9.17) is 14.2 Å². The second-order valence-electron chi connectivity index (χ2n) is 13.0. The third-order valence-electron chi connectivity index (χ3n) is 8.88. The van der Waals surface area contributed by atoms with E-state index in [1.807, 2.05) is 20.8 Å². The first kappa shape index (κ1) is 35.5. The Balaban J connectivity index is 2.53. The van der Waals surface area contributed by atoms with E-state index in [9.17, 15) is 19.2 Å². The Morgan fingerprint density at radius 3 is 2.21 bits per heavy atom. The molecule has 8 atom stereocenters. The summed E-state index contributed by atoms with van der Waals surface area (Å²) < 4.78 is 17.5. The van der Waals surface area contributed by atoms with Gasteiger partial charge in [-0.2, -0.15) is 0 Å². The molecule has 1 unspecified atom stereocenters. The van der Waals surface area contributed by atoms with Crippen LogP contribution in [0, 0.1) is 17.3 Å². The second kappa shape index (κ2) is 14.7. The number of hydrogen-bond acceptors (Lipinski definition) is 8. The van der Waals surface area contributed by atoms with Crippen molar-refractivity contribution in [1.29, 1.82) is 0 Å². The van der Waals surface area contributed by atoms with Crippen LogP contribution in [0.3, 0.4) is 0 Å². The van der Waals surface area contributed by atoms with Gasteiger partial charge in [-0.1, -0.05) is 40.5 Å². The van der Waals surface area contributed by atoms with Crippen LogP contribution < -0.4 is 10.6 Å². The fourth-order valence-corrected chi connectivity index (χ4v) is 5.83. The van der Waals surface area contributed by atoms with Gasteiger partial charge in [-0.25, -0.2) is 9.79 Å². The van der Waals surface area contributed by atoms with Crippen molar-refractivity contribution in [1.82, 2.24) is 15.5 Å². The second-order valence-corrected chi connectivity index (χ2v) is 13.0. The van der Waals surface area contributed by atoms with Crippen LogP contribution >= 0.6 is 0 Å². The van der Waals surface area contributed by atoms with Gasteiger partial charge in [-0.15, -0.1) is 0 Å². The molecule has 11 heteroatoms. The number of fused-ring (bicyclic) bond motifs is 1. The minimum absolute atomic E-state index is 0.0138. The molecule has 3 amide bonds. The molecule has 2 rings (SSSR count). The molecule has 0 fully saturated rings. The zero-order valence-electron chi connectivity index (χ0n) is 27.5. The Morgan fingerprint density at radius 2 is 1.64 bits per heavy atom. The highest BCUT2D eigenvalue weighted by molar-refractivity contribution is 5.98. The minimum Gasteiger partial charge on any atom is -0.476 e. The van der Waals surface area contributed by atoms with Crippen molar-refractivity contribution in [2.45, 2.75) is 130 Å². The summed E-state index contributed by atoms with van der Waals surface area (Å²) in [5.74, 6) is -1.99. The van der Waals surface area contributed by atoms with Crippen LogP contribution in [0.1, 0.15) is 94.4 Å². The lowest BCUT2D eigenvalue weighted by molar-refractivity contribution is -0.167. The predicted molar refractivity (Wildman–Crippen MR) is 161 cm³/mol. The SMILES string of the molecule is CCC[C@H](CC[C@H](C)[C@@H]1OC(=O)[C@H](C)NC(=O)C([C@@H](C)CC)N(C)C(=O)[C@]2(C)COC(=N2)[C@@H](C)NC(=O)C1(C)C)OC. The Hall–Kier alpha value is -2.69. The number of carbonyl (C=O) groups is 4. The van der Waals surface area contributed by atoms with Gasteiger partial charge in [0.1, 0.15) is 30.8 Å². The highest BCUT2D eigenvalue weighted by atomic mass is 16.5. The van der Waals surface area contributed by atoms with Crippen molar-refractivity contribution in [2.24, 2.45) is 22.2 Å². The molecule has 0 aromatic carbocycles. The molecule has 240 valence electrons. The van der Waals surface area contributed by atoms with Crippen molar-refractivity contribution in [2.75, 3.05) is 20.8 Å². The lowest BCUT2D eigenvalue weighted by Gasteiger charge is -2.38. The molecule has 0 spiro atoms. The van der Waals surface area contributed by atoms with Gasteiger partial charge in [-0.05, 0) is 65.7 Å². The average Bonchev–Trinajstić information content (AvgIpc) is 3.35. The zero-order valence-corrected chi connectivity index (χ0v) is 27.5. The smallest absolute Gasteiger partial charge is 0.328 e. The number of esters is 1. The van der Waals surface area contributed by atoms with Gasteiger partial charge in [0.15, 0.2) is 5.54 Å². The van der Waals surface area contributed by atoms with Gasteiger partial charge in [-0.3, -0.25) is 14.4 Å². The van der Waals surface area contributed by atoms with Crippen molar-refractivity contribution < 1.29 is 33.4 Å². The molecular weight excluding hydrogens is 540 g/mol. The average molecular weight is 595 g/mol. The fourth-order valence-electron chi connectivity index (χ4n) is 5.83. The van der Waals surface area contributed by atoms with Crippen LogP contribution in [0.25, 0.3) is 0 Å². The quantitative estimate of drug-likeness (QED) is 0.391. The first-order valence-corrected chi connectivity index (χ1v) is 15.4. The number of methoxy groups -OCH3 is 1. The number of nitrogens with zero attached hydrogens (tertiary/aromatic N) is 2. The summed E-state index contributed by atoms with van der Waals surface area (Å²) in [5, 5.41) is 5.74. The molecule has 0 aromatic rings. The molecule has 2 aliphatic rings. The number of amides is 3. The van der Waals surface area contributed by atoms with E-state index in [1.165, 1.54) is 4.90 Å². The van der Waals surface area contributed by atoms with E-state index >= 15 is 0 Å². The standard InChI is InChI=1S/C31H54N4O7/c1-12-14-22(40-11)16-15-19(4)24-30(7,8)28(38)33-20(5)26-34-31(9,17-41-26)29(39)35(10)23(18(3)13-2)25(36)32-21(6)27(37)42-24/h18-24H,12-17H2,1-11H3,(H,32,36)(H,33,38)/t18-,19-,20+,21-,22+,23?,24-,31-/m0/s1. The van der Waals surface area contributed by atoms with Crippen LogP contribution in [0.4, 0.5) is 0 Å². The molecule has 2 aliphatic heterocycles. The topological polar surface area (TPSA) is 136 Å². The molecule has 0 aliphatic carbocycles. The van der Waals surface area contributed by atoms with E-state index in [2.05, 4.69) is 22.5 Å². The van der Waals surface area contributed by atoms with E-state index in [1.54, 1.807) is 48.8 Å². The molecule has 0 saturated heterocycles. The van der Waals surface area contributed by atoms with E-state index in [0.29, 0.717) is 12.8 Å². The van der Waals surface area contributed by atoms with E-state index < -0.39 is 47.1 Å². The number of aliphatic imine (C=N–C) groups is 1. The fraction of sp³-hybridized carbons (Fsp3) is 0.839. The number of cyclic esters (lactones) is 1. The zero-order chi connectivity index (χ0) is 32.0. The highest BCUT2D eigenvalue weighted by Crippen LogP contribution is 2.34. The lowest BCUT2D eigenvalue weighted by atomic mass is 9.77. The van der Waals surface area contributed by atoms with E-state index in [0.717, 1.165) is 19.3 Å². The van der Waals surface area contributed by atoms with Crippen LogP contribution in [0.15, 0.2) is 4.99 Å². The summed E-state index contributed by atoms with van der Waals surface area (Å²) in [6, 6.07) is -2.48. The van der Waals surface area contributed by atoms with Crippen LogP contribution in [-0.2, 0) is 33.4 Å². The molecule has 42 heavy (non-hydrogen) atoms. The van der Waals surface area contributed by atoms with Crippen molar-refractivity contribution in [3.05, 3.63) is 0 Å². The number of hydrogen-bond donors (Lipinski definition) is 2. The van der Waals surface area contributed by atoms with Gasteiger partial charge in [0.25, 0.3) is 5.91 Å². The number of nitrogens with one attached hydrogen (secondary N) is 2. The number of ether oxygens (including phenoxy) is 3. The Morgan fingerprint density at radius 1 is 1.00 bits per heavy atom.